The molecule has 0 aliphatic heterocycles. The van der Waals surface area contributed by atoms with Gasteiger partial charge in [-0.2, -0.15) is 4.98 Å². The zero-order valence-electron chi connectivity index (χ0n) is 16.9. The van der Waals surface area contributed by atoms with Crippen LogP contribution in [0.15, 0.2) is 78.9 Å². The lowest BCUT2D eigenvalue weighted by Crippen LogP contribution is -2.02. The Kier molecular flexibility index (Phi) is 6.63. The highest BCUT2D eigenvalue weighted by Crippen LogP contribution is 2.30. The van der Waals surface area contributed by atoms with Crippen LogP contribution in [0.4, 0.5) is 8.78 Å². The number of hydrogen-bond acceptors (Lipinski definition) is 4. The van der Waals surface area contributed by atoms with Crippen LogP contribution in [0.5, 0.6) is 17.5 Å². The van der Waals surface area contributed by atoms with E-state index < -0.39 is 11.6 Å². The predicted octanol–water partition coefficient (Wildman–Crippen LogP) is 6.51. The van der Waals surface area contributed by atoms with Crippen LogP contribution in [0.2, 0.25) is 5.02 Å². The summed E-state index contributed by atoms with van der Waals surface area (Å²) in [6, 6.07) is 22.4. The van der Waals surface area contributed by atoms with E-state index in [4.69, 9.17) is 26.8 Å². The van der Waals surface area contributed by atoms with Crippen molar-refractivity contribution < 1.29 is 18.3 Å². The zero-order chi connectivity index (χ0) is 22.5. The Balaban J connectivity index is 1.55. The molecule has 0 saturated carbocycles. The van der Waals surface area contributed by atoms with Gasteiger partial charge in [0, 0.05) is 17.6 Å². The number of rotatable bonds is 7. The SMILES string of the molecule is NCc1cccc(-c2cccc(Oc3nc(OCc4ccc(Cl)cc4)c(F)cc3F)c2)c1. The van der Waals surface area contributed by atoms with Crippen LogP contribution in [0.1, 0.15) is 11.1 Å². The summed E-state index contributed by atoms with van der Waals surface area (Å²) in [5.41, 5.74) is 9.27. The highest BCUT2D eigenvalue weighted by Gasteiger charge is 2.16. The Hall–Kier alpha value is -3.48. The molecule has 0 bridgehead atoms. The molecule has 0 atom stereocenters. The summed E-state index contributed by atoms with van der Waals surface area (Å²) >= 11 is 5.86. The van der Waals surface area contributed by atoms with Gasteiger partial charge in [0.25, 0.3) is 11.8 Å². The first-order valence-electron chi connectivity index (χ1n) is 9.82. The van der Waals surface area contributed by atoms with E-state index in [1.54, 1.807) is 42.5 Å². The molecule has 4 nitrogen and oxygen atoms in total. The lowest BCUT2D eigenvalue weighted by atomic mass is 10.0. The third-order valence-electron chi connectivity index (χ3n) is 4.70. The molecular formula is C25H19ClF2N2O2. The van der Waals surface area contributed by atoms with Gasteiger partial charge in [-0.3, -0.25) is 0 Å². The van der Waals surface area contributed by atoms with Crippen LogP contribution in [0.25, 0.3) is 11.1 Å². The van der Waals surface area contributed by atoms with Crippen molar-refractivity contribution >= 4 is 11.6 Å². The van der Waals surface area contributed by atoms with Crippen molar-refractivity contribution in [1.29, 1.82) is 0 Å². The number of aromatic nitrogens is 1. The molecule has 1 heterocycles. The number of halogens is 3. The number of nitrogens with two attached hydrogens (primary N) is 1. The molecule has 2 N–H and O–H groups in total. The fraction of sp³-hybridized carbons (Fsp3) is 0.0800. The first-order valence-corrected chi connectivity index (χ1v) is 10.2. The number of ether oxygens (including phenoxy) is 2. The van der Waals surface area contributed by atoms with E-state index in [-0.39, 0.29) is 18.4 Å². The minimum absolute atomic E-state index is 0.0408. The molecule has 0 aliphatic rings. The summed E-state index contributed by atoms with van der Waals surface area (Å²) in [5.74, 6) is -2.25. The first kappa shape index (κ1) is 21.7. The van der Waals surface area contributed by atoms with Crippen LogP contribution < -0.4 is 15.2 Å². The summed E-state index contributed by atoms with van der Waals surface area (Å²) in [5, 5.41) is 0.576. The molecule has 0 fully saturated rings. The largest absolute Gasteiger partial charge is 0.471 e. The number of hydrogen-bond donors (Lipinski definition) is 1. The van der Waals surface area contributed by atoms with Crippen LogP contribution in [-0.4, -0.2) is 4.98 Å². The minimum atomic E-state index is -0.933. The summed E-state index contributed by atoms with van der Waals surface area (Å²) < 4.78 is 39.6. The third kappa shape index (κ3) is 5.22. The van der Waals surface area contributed by atoms with Crippen molar-refractivity contribution in [3.63, 3.8) is 0 Å². The van der Waals surface area contributed by atoms with Crippen LogP contribution in [0.3, 0.4) is 0 Å². The van der Waals surface area contributed by atoms with Crippen molar-refractivity contribution in [2.75, 3.05) is 0 Å². The highest BCUT2D eigenvalue weighted by molar-refractivity contribution is 6.30. The molecule has 0 amide bonds. The molecular weight excluding hydrogens is 434 g/mol. The lowest BCUT2D eigenvalue weighted by Gasteiger charge is -2.11. The van der Waals surface area contributed by atoms with Crippen molar-refractivity contribution in [2.24, 2.45) is 5.73 Å². The Morgan fingerprint density at radius 1 is 0.781 bits per heavy atom. The quantitative estimate of drug-likeness (QED) is 0.347. The second-order valence-electron chi connectivity index (χ2n) is 7.01. The second kappa shape index (κ2) is 9.77. The standard InChI is InChI=1S/C25H19ClF2N2O2/c26-20-9-7-16(8-10-20)15-31-24-22(27)13-23(28)25(30-24)32-21-6-2-5-19(12-21)18-4-1-3-17(11-18)14-29/h1-13H,14-15,29H2. The van der Waals surface area contributed by atoms with Gasteiger partial charge in [0.2, 0.25) is 0 Å². The molecule has 0 unspecified atom stereocenters. The molecule has 162 valence electrons. The minimum Gasteiger partial charge on any atom is -0.471 e. The van der Waals surface area contributed by atoms with Gasteiger partial charge in [0.1, 0.15) is 12.4 Å². The normalized spacial score (nSPS) is 10.8. The number of nitrogens with zero attached hydrogens (tertiary/aromatic N) is 1. The molecule has 4 aromatic rings. The maximum Gasteiger partial charge on any atom is 0.259 e. The topological polar surface area (TPSA) is 57.4 Å². The van der Waals surface area contributed by atoms with E-state index in [0.29, 0.717) is 23.4 Å². The Labute approximate surface area is 189 Å². The summed E-state index contributed by atoms with van der Waals surface area (Å²) in [7, 11) is 0. The van der Waals surface area contributed by atoms with Crippen LogP contribution >= 0.6 is 11.6 Å². The Morgan fingerprint density at radius 2 is 1.47 bits per heavy atom. The highest BCUT2D eigenvalue weighted by atomic mass is 35.5. The third-order valence-corrected chi connectivity index (χ3v) is 4.95. The first-order chi connectivity index (χ1) is 15.5. The van der Waals surface area contributed by atoms with Gasteiger partial charge in [-0.25, -0.2) is 8.78 Å². The van der Waals surface area contributed by atoms with Gasteiger partial charge in [-0.1, -0.05) is 54.1 Å². The average Bonchev–Trinajstić information content (AvgIpc) is 2.81. The summed E-state index contributed by atoms with van der Waals surface area (Å²) in [6.45, 7) is 0.465. The number of pyridine rings is 1. The fourth-order valence-electron chi connectivity index (χ4n) is 3.07. The van der Waals surface area contributed by atoms with E-state index in [2.05, 4.69) is 4.98 Å². The van der Waals surface area contributed by atoms with Gasteiger partial charge in [-0.05, 0) is 52.6 Å². The van der Waals surface area contributed by atoms with Crippen molar-refractivity contribution in [3.05, 3.63) is 107 Å². The van der Waals surface area contributed by atoms with Gasteiger partial charge < -0.3 is 15.2 Å². The molecule has 32 heavy (non-hydrogen) atoms. The van der Waals surface area contributed by atoms with E-state index in [1.807, 2.05) is 30.3 Å². The monoisotopic (exact) mass is 452 g/mol. The Bertz CT molecular complexity index is 1230. The number of benzene rings is 3. The van der Waals surface area contributed by atoms with Crippen molar-refractivity contribution in [3.8, 4) is 28.6 Å². The maximum absolute atomic E-state index is 14.3. The smallest absolute Gasteiger partial charge is 0.259 e. The van der Waals surface area contributed by atoms with Gasteiger partial charge in [-0.15, -0.1) is 0 Å². The van der Waals surface area contributed by atoms with Gasteiger partial charge in [0.15, 0.2) is 11.6 Å². The lowest BCUT2D eigenvalue weighted by molar-refractivity contribution is 0.269. The van der Waals surface area contributed by atoms with Crippen LogP contribution in [0, 0.1) is 11.6 Å². The van der Waals surface area contributed by atoms with E-state index in [0.717, 1.165) is 22.3 Å². The Morgan fingerprint density at radius 3 is 2.22 bits per heavy atom. The second-order valence-corrected chi connectivity index (χ2v) is 7.45. The predicted molar refractivity (Wildman–Crippen MR) is 120 cm³/mol. The fourth-order valence-corrected chi connectivity index (χ4v) is 3.19. The molecule has 0 aliphatic carbocycles. The average molecular weight is 453 g/mol. The van der Waals surface area contributed by atoms with Gasteiger partial charge in [0.05, 0.1) is 0 Å². The molecule has 0 spiro atoms. The van der Waals surface area contributed by atoms with E-state index >= 15 is 0 Å². The van der Waals surface area contributed by atoms with Crippen LogP contribution in [-0.2, 0) is 13.2 Å². The van der Waals surface area contributed by atoms with Gasteiger partial charge >= 0.3 is 0 Å². The van der Waals surface area contributed by atoms with E-state index in [9.17, 15) is 8.78 Å². The molecule has 0 radical (unpaired) electrons. The molecule has 1 aromatic heterocycles. The molecule has 3 aromatic carbocycles. The van der Waals surface area contributed by atoms with Crippen molar-refractivity contribution in [1.82, 2.24) is 4.98 Å². The maximum atomic E-state index is 14.3. The van der Waals surface area contributed by atoms with E-state index in [1.165, 1.54) is 0 Å². The summed E-state index contributed by atoms with van der Waals surface area (Å²) in [6.07, 6.45) is 0. The molecule has 4 rings (SSSR count). The molecule has 7 heteroatoms. The molecule has 0 saturated heterocycles. The van der Waals surface area contributed by atoms with Crippen molar-refractivity contribution in [2.45, 2.75) is 13.2 Å². The summed E-state index contributed by atoms with van der Waals surface area (Å²) in [4.78, 5) is 3.89. The zero-order valence-corrected chi connectivity index (χ0v) is 17.7.